The van der Waals surface area contributed by atoms with Gasteiger partial charge >= 0.3 is 5.97 Å². The van der Waals surface area contributed by atoms with E-state index in [1.54, 1.807) is 12.1 Å². The van der Waals surface area contributed by atoms with Crippen molar-refractivity contribution in [2.45, 2.75) is 19.3 Å². The Hall–Kier alpha value is -3.29. The topological polar surface area (TPSA) is 84.5 Å². The fourth-order valence-corrected chi connectivity index (χ4v) is 2.47. The Morgan fingerprint density at radius 3 is 2.36 bits per heavy atom. The van der Waals surface area contributed by atoms with E-state index in [9.17, 15) is 23.2 Å². The zero-order valence-electron chi connectivity index (χ0n) is 15.2. The smallest absolute Gasteiger partial charge is 0.313 e. The molecule has 2 rings (SSSR count). The van der Waals surface area contributed by atoms with E-state index in [0.29, 0.717) is 6.42 Å². The second-order valence-electron chi connectivity index (χ2n) is 5.93. The van der Waals surface area contributed by atoms with Crippen molar-refractivity contribution in [2.24, 2.45) is 0 Å². The predicted molar refractivity (Wildman–Crippen MR) is 98.4 cm³/mol. The number of hydrogen-bond donors (Lipinski definition) is 2. The number of nitrogens with one attached hydrogen (secondary N) is 2. The molecule has 0 aromatic heterocycles. The number of halogens is 2. The Kier molecular flexibility index (Phi) is 7.62. The van der Waals surface area contributed by atoms with Gasteiger partial charge in [-0.25, -0.2) is 8.78 Å². The van der Waals surface area contributed by atoms with Crippen molar-refractivity contribution in [3.63, 3.8) is 0 Å². The van der Waals surface area contributed by atoms with E-state index in [-0.39, 0.29) is 5.69 Å². The molecule has 0 aliphatic rings. The molecule has 2 amide bonds. The largest absolute Gasteiger partial charge is 0.455 e. The molecule has 0 radical (unpaired) electrons. The summed E-state index contributed by atoms with van der Waals surface area (Å²) in [5.74, 6) is -4.44. The van der Waals surface area contributed by atoms with E-state index in [1.807, 2.05) is 25.1 Å². The first-order valence-electron chi connectivity index (χ1n) is 8.64. The summed E-state index contributed by atoms with van der Waals surface area (Å²) in [6, 6.07) is 11.9. The maximum absolute atomic E-state index is 13.1. The Labute approximate surface area is 160 Å². The number of anilines is 1. The summed E-state index contributed by atoms with van der Waals surface area (Å²) >= 11 is 0. The standard InChI is InChI=1S/C20H20F2N2O4/c1-2-15(13-6-4-3-5-7-13)20(27)28-12-19(26)23-11-18(25)24-14-8-9-16(21)17(22)10-14/h3-10,15H,2,11-12H2,1H3,(H,23,26)(H,24,25). The molecule has 28 heavy (non-hydrogen) atoms. The van der Waals surface area contributed by atoms with E-state index in [1.165, 1.54) is 6.07 Å². The van der Waals surface area contributed by atoms with Crippen LogP contribution in [0.4, 0.5) is 14.5 Å². The Bertz CT molecular complexity index is 843. The fraction of sp³-hybridized carbons (Fsp3) is 0.250. The van der Waals surface area contributed by atoms with Crippen LogP contribution in [-0.2, 0) is 19.1 Å². The molecule has 1 atom stereocenters. The number of amides is 2. The van der Waals surface area contributed by atoms with Gasteiger partial charge in [0, 0.05) is 11.8 Å². The van der Waals surface area contributed by atoms with Gasteiger partial charge in [0.15, 0.2) is 18.2 Å². The molecule has 2 aromatic rings. The van der Waals surface area contributed by atoms with E-state index < -0.39 is 48.5 Å². The molecule has 0 spiro atoms. The van der Waals surface area contributed by atoms with Gasteiger partial charge in [-0.3, -0.25) is 14.4 Å². The number of hydrogen-bond acceptors (Lipinski definition) is 4. The van der Waals surface area contributed by atoms with Gasteiger partial charge in [-0.2, -0.15) is 0 Å². The van der Waals surface area contributed by atoms with Gasteiger partial charge < -0.3 is 15.4 Å². The highest BCUT2D eigenvalue weighted by atomic mass is 19.2. The Morgan fingerprint density at radius 1 is 1.00 bits per heavy atom. The van der Waals surface area contributed by atoms with Crippen molar-refractivity contribution in [2.75, 3.05) is 18.5 Å². The third kappa shape index (κ3) is 6.15. The summed E-state index contributed by atoms with van der Waals surface area (Å²) in [5.41, 5.74) is 0.847. The summed E-state index contributed by atoms with van der Waals surface area (Å²) in [5, 5.41) is 4.60. The van der Waals surface area contributed by atoms with Gasteiger partial charge in [-0.15, -0.1) is 0 Å². The van der Waals surface area contributed by atoms with Crippen LogP contribution in [0.3, 0.4) is 0 Å². The van der Waals surface area contributed by atoms with Crippen LogP contribution in [-0.4, -0.2) is 30.9 Å². The van der Waals surface area contributed by atoms with Crippen molar-refractivity contribution in [3.8, 4) is 0 Å². The monoisotopic (exact) mass is 390 g/mol. The van der Waals surface area contributed by atoms with Crippen molar-refractivity contribution in [1.82, 2.24) is 5.32 Å². The van der Waals surface area contributed by atoms with Crippen LogP contribution in [0.2, 0.25) is 0 Å². The number of carbonyl (C=O) groups is 3. The number of rotatable bonds is 8. The van der Waals surface area contributed by atoms with E-state index in [2.05, 4.69) is 10.6 Å². The van der Waals surface area contributed by atoms with Crippen LogP contribution in [0.15, 0.2) is 48.5 Å². The highest BCUT2D eigenvalue weighted by Gasteiger charge is 2.21. The second-order valence-corrected chi connectivity index (χ2v) is 5.93. The number of ether oxygens (including phenoxy) is 1. The molecule has 148 valence electrons. The van der Waals surface area contributed by atoms with Crippen molar-refractivity contribution < 1.29 is 27.9 Å². The van der Waals surface area contributed by atoms with Gasteiger partial charge in [-0.1, -0.05) is 37.3 Å². The quantitative estimate of drug-likeness (QED) is 0.679. The van der Waals surface area contributed by atoms with Gasteiger partial charge in [0.25, 0.3) is 5.91 Å². The van der Waals surface area contributed by atoms with Crippen LogP contribution < -0.4 is 10.6 Å². The molecule has 0 fully saturated rings. The summed E-state index contributed by atoms with van der Waals surface area (Å²) in [7, 11) is 0. The maximum atomic E-state index is 13.1. The predicted octanol–water partition coefficient (Wildman–Crippen LogP) is 2.76. The van der Waals surface area contributed by atoms with E-state index in [4.69, 9.17) is 4.74 Å². The lowest BCUT2D eigenvalue weighted by atomic mass is 9.97. The minimum Gasteiger partial charge on any atom is -0.455 e. The average molecular weight is 390 g/mol. The average Bonchev–Trinajstić information content (AvgIpc) is 2.69. The molecule has 1 unspecified atom stereocenters. The first kappa shape index (κ1) is 21.0. The number of carbonyl (C=O) groups excluding carboxylic acids is 3. The van der Waals surface area contributed by atoms with E-state index >= 15 is 0 Å². The molecule has 2 aromatic carbocycles. The Balaban J connectivity index is 1.76. The summed E-state index contributed by atoms with van der Waals surface area (Å²) in [6.45, 7) is 0.896. The minimum absolute atomic E-state index is 0.0539. The SMILES string of the molecule is CCC(C(=O)OCC(=O)NCC(=O)Nc1ccc(F)c(F)c1)c1ccccc1. The lowest BCUT2D eigenvalue weighted by Crippen LogP contribution is -2.36. The van der Waals surface area contributed by atoms with E-state index in [0.717, 1.165) is 17.7 Å². The number of benzene rings is 2. The molecule has 0 aliphatic carbocycles. The van der Waals surface area contributed by atoms with Crippen molar-refractivity contribution in [1.29, 1.82) is 0 Å². The molecule has 0 saturated carbocycles. The van der Waals surface area contributed by atoms with Crippen LogP contribution in [0, 0.1) is 11.6 Å². The van der Waals surface area contributed by atoms with Gasteiger partial charge in [0.2, 0.25) is 5.91 Å². The molecule has 2 N–H and O–H groups in total. The maximum Gasteiger partial charge on any atom is 0.313 e. The summed E-state index contributed by atoms with van der Waals surface area (Å²) < 4.78 is 31.0. The van der Waals surface area contributed by atoms with Crippen LogP contribution in [0.1, 0.15) is 24.8 Å². The molecule has 6 nitrogen and oxygen atoms in total. The zero-order valence-corrected chi connectivity index (χ0v) is 15.2. The third-order valence-electron chi connectivity index (χ3n) is 3.89. The lowest BCUT2D eigenvalue weighted by molar-refractivity contribution is -0.150. The zero-order chi connectivity index (χ0) is 20.5. The first-order chi connectivity index (χ1) is 13.4. The molecule has 0 heterocycles. The highest BCUT2D eigenvalue weighted by Crippen LogP contribution is 2.20. The first-order valence-corrected chi connectivity index (χ1v) is 8.64. The highest BCUT2D eigenvalue weighted by molar-refractivity contribution is 5.94. The molecular formula is C20H20F2N2O4. The van der Waals surface area contributed by atoms with Crippen LogP contribution >= 0.6 is 0 Å². The molecule has 0 saturated heterocycles. The summed E-state index contributed by atoms with van der Waals surface area (Å²) in [4.78, 5) is 35.7. The van der Waals surface area contributed by atoms with Gasteiger partial charge in [-0.05, 0) is 24.1 Å². The third-order valence-corrected chi connectivity index (χ3v) is 3.89. The number of esters is 1. The minimum atomic E-state index is -1.10. The van der Waals surface area contributed by atoms with Crippen LogP contribution in [0.25, 0.3) is 0 Å². The molecule has 0 bridgehead atoms. The molecule has 8 heteroatoms. The van der Waals surface area contributed by atoms with Crippen LogP contribution in [0.5, 0.6) is 0 Å². The summed E-state index contributed by atoms with van der Waals surface area (Å²) in [6.07, 6.45) is 0.515. The van der Waals surface area contributed by atoms with Gasteiger partial charge in [0.05, 0.1) is 12.5 Å². The lowest BCUT2D eigenvalue weighted by Gasteiger charge is -2.14. The Morgan fingerprint density at radius 2 is 1.71 bits per heavy atom. The molecule has 0 aliphatic heterocycles. The normalized spacial score (nSPS) is 11.4. The second kappa shape index (κ2) is 10.1. The molecular weight excluding hydrogens is 370 g/mol. The van der Waals surface area contributed by atoms with Crippen molar-refractivity contribution >= 4 is 23.5 Å². The fourth-order valence-electron chi connectivity index (χ4n) is 2.47. The van der Waals surface area contributed by atoms with Crippen molar-refractivity contribution in [3.05, 3.63) is 65.7 Å². The van der Waals surface area contributed by atoms with Gasteiger partial charge in [0.1, 0.15) is 0 Å².